The Kier molecular flexibility index (Phi) is 2.41. The van der Waals surface area contributed by atoms with Gasteiger partial charge in [-0.3, -0.25) is 9.89 Å². The van der Waals surface area contributed by atoms with Crippen molar-refractivity contribution in [3.63, 3.8) is 0 Å². The first-order chi connectivity index (χ1) is 8.72. The number of rotatable bonds is 2. The highest BCUT2D eigenvalue weighted by Crippen LogP contribution is 2.15. The molecule has 4 heteroatoms. The number of hydrogen-bond donors (Lipinski definition) is 2. The summed E-state index contributed by atoms with van der Waals surface area (Å²) in [5, 5.41) is 5.19. The van der Waals surface area contributed by atoms with Crippen LogP contribution in [-0.2, 0) is 6.54 Å². The molecule has 18 heavy (non-hydrogen) atoms. The lowest BCUT2D eigenvalue weighted by Crippen LogP contribution is -2.16. The lowest BCUT2D eigenvalue weighted by molar-refractivity contribution is 0.667. The first-order valence-corrected chi connectivity index (χ1v) is 5.75. The minimum Gasteiger partial charge on any atom is -0.384 e. The monoisotopic (exact) mass is 239 g/mol. The Bertz CT molecular complexity index is 755. The van der Waals surface area contributed by atoms with Crippen LogP contribution in [0.1, 0.15) is 5.56 Å². The number of nitrogen functional groups attached to an aromatic ring is 1. The summed E-state index contributed by atoms with van der Waals surface area (Å²) in [6.07, 6.45) is 0. The summed E-state index contributed by atoms with van der Waals surface area (Å²) in [7, 11) is 0. The zero-order valence-electron chi connectivity index (χ0n) is 9.76. The van der Waals surface area contributed by atoms with Crippen molar-refractivity contribution in [1.82, 2.24) is 9.78 Å². The van der Waals surface area contributed by atoms with Crippen molar-refractivity contribution in [2.75, 3.05) is 5.73 Å². The zero-order valence-corrected chi connectivity index (χ0v) is 9.76. The highest BCUT2D eigenvalue weighted by molar-refractivity contribution is 5.82. The van der Waals surface area contributed by atoms with Gasteiger partial charge in [-0.2, -0.15) is 0 Å². The largest absolute Gasteiger partial charge is 0.384 e. The van der Waals surface area contributed by atoms with E-state index in [-0.39, 0.29) is 5.56 Å². The number of nitrogens with one attached hydrogen (secondary N) is 1. The van der Waals surface area contributed by atoms with Gasteiger partial charge in [0.05, 0.1) is 6.54 Å². The minimum atomic E-state index is -0.111. The first-order valence-electron chi connectivity index (χ1n) is 5.75. The fraction of sp³-hybridized carbons (Fsp3) is 0.0714. The molecule has 0 amide bonds. The van der Waals surface area contributed by atoms with Gasteiger partial charge in [0.15, 0.2) is 0 Å². The maximum Gasteiger partial charge on any atom is 0.268 e. The van der Waals surface area contributed by atoms with E-state index in [2.05, 4.69) is 29.4 Å². The molecule has 1 aromatic heterocycles. The lowest BCUT2D eigenvalue weighted by atomic mass is 10.1. The molecular formula is C14H13N3O. The maximum absolute atomic E-state index is 11.6. The van der Waals surface area contributed by atoms with Crippen LogP contribution < -0.4 is 11.3 Å². The van der Waals surface area contributed by atoms with E-state index in [9.17, 15) is 4.79 Å². The van der Waals surface area contributed by atoms with Gasteiger partial charge in [-0.25, -0.2) is 4.68 Å². The number of anilines is 1. The van der Waals surface area contributed by atoms with Crippen LogP contribution in [-0.4, -0.2) is 9.78 Å². The van der Waals surface area contributed by atoms with E-state index in [1.165, 1.54) is 21.5 Å². The number of fused-ring (bicyclic) bond motifs is 1. The Morgan fingerprint density at radius 3 is 2.56 bits per heavy atom. The number of aromatic nitrogens is 2. The summed E-state index contributed by atoms with van der Waals surface area (Å²) in [6, 6.07) is 15.7. The molecule has 0 spiro atoms. The molecule has 0 bridgehead atoms. The Morgan fingerprint density at radius 2 is 1.83 bits per heavy atom. The normalized spacial score (nSPS) is 10.9. The first kappa shape index (κ1) is 10.7. The fourth-order valence-corrected chi connectivity index (χ4v) is 2.09. The number of hydrogen-bond acceptors (Lipinski definition) is 2. The molecule has 3 aromatic rings. The predicted octanol–water partition coefficient (Wildman–Crippen LogP) is 1.96. The molecule has 0 aliphatic carbocycles. The molecule has 0 atom stereocenters. The second-order valence-electron chi connectivity index (χ2n) is 4.32. The number of nitrogens with zero attached hydrogens (tertiary/aromatic N) is 1. The van der Waals surface area contributed by atoms with Crippen molar-refractivity contribution in [1.29, 1.82) is 0 Å². The summed E-state index contributed by atoms with van der Waals surface area (Å²) in [4.78, 5) is 11.6. The van der Waals surface area contributed by atoms with Gasteiger partial charge in [0.1, 0.15) is 5.82 Å². The standard InChI is InChI=1S/C14H13N3O/c15-13-8-14(18)17(16-13)9-10-5-6-11-3-1-2-4-12(11)7-10/h1-8,16H,9,15H2. The molecule has 0 saturated carbocycles. The van der Waals surface area contributed by atoms with Crippen LogP contribution in [0.25, 0.3) is 10.8 Å². The van der Waals surface area contributed by atoms with Crippen molar-refractivity contribution in [2.24, 2.45) is 0 Å². The van der Waals surface area contributed by atoms with Gasteiger partial charge in [0.25, 0.3) is 5.56 Å². The Morgan fingerprint density at radius 1 is 1.06 bits per heavy atom. The van der Waals surface area contributed by atoms with E-state index >= 15 is 0 Å². The molecule has 0 fully saturated rings. The molecule has 90 valence electrons. The molecule has 0 saturated heterocycles. The van der Waals surface area contributed by atoms with Gasteiger partial charge in [0.2, 0.25) is 0 Å². The highest BCUT2D eigenvalue weighted by atomic mass is 16.1. The number of benzene rings is 2. The summed E-state index contributed by atoms with van der Waals surface area (Å²) in [5.74, 6) is 0.390. The fourth-order valence-electron chi connectivity index (χ4n) is 2.09. The third-order valence-corrected chi connectivity index (χ3v) is 2.96. The van der Waals surface area contributed by atoms with Gasteiger partial charge in [-0.15, -0.1) is 0 Å². The van der Waals surface area contributed by atoms with Crippen molar-refractivity contribution >= 4 is 16.6 Å². The predicted molar refractivity (Wildman–Crippen MR) is 72.5 cm³/mol. The Labute approximate surface area is 104 Å². The van der Waals surface area contributed by atoms with Crippen LogP contribution in [0.2, 0.25) is 0 Å². The van der Waals surface area contributed by atoms with Crippen LogP contribution in [0.15, 0.2) is 53.3 Å². The molecule has 0 aliphatic heterocycles. The lowest BCUT2D eigenvalue weighted by Gasteiger charge is -2.04. The second-order valence-corrected chi connectivity index (χ2v) is 4.32. The number of H-pyrrole nitrogens is 1. The Balaban J connectivity index is 2.00. The van der Waals surface area contributed by atoms with Gasteiger partial charge in [-0.05, 0) is 22.4 Å². The molecule has 0 radical (unpaired) electrons. The third-order valence-electron chi connectivity index (χ3n) is 2.96. The van der Waals surface area contributed by atoms with E-state index in [0.29, 0.717) is 12.4 Å². The van der Waals surface area contributed by atoms with Gasteiger partial charge < -0.3 is 5.73 Å². The second kappa shape index (κ2) is 4.07. The molecule has 0 aliphatic rings. The Hall–Kier alpha value is -2.49. The van der Waals surface area contributed by atoms with E-state index in [1.807, 2.05) is 18.2 Å². The topological polar surface area (TPSA) is 63.8 Å². The molecule has 2 aromatic carbocycles. The van der Waals surface area contributed by atoms with E-state index in [1.54, 1.807) is 0 Å². The SMILES string of the molecule is Nc1cc(=O)n(Cc2ccc3ccccc3c2)[nH]1. The van der Waals surface area contributed by atoms with E-state index < -0.39 is 0 Å². The molecule has 1 heterocycles. The zero-order chi connectivity index (χ0) is 12.5. The van der Waals surface area contributed by atoms with Crippen molar-refractivity contribution in [3.8, 4) is 0 Å². The molecular weight excluding hydrogens is 226 g/mol. The van der Waals surface area contributed by atoms with Crippen molar-refractivity contribution < 1.29 is 0 Å². The van der Waals surface area contributed by atoms with Crippen LogP contribution in [0.5, 0.6) is 0 Å². The molecule has 3 N–H and O–H groups in total. The van der Waals surface area contributed by atoms with E-state index in [0.717, 1.165) is 5.56 Å². The van der Waals surface area contributed by atoms with Crippen molar-refractivity contribution in [2.45, 2.75) is 6.54 Å². The maximum atomic E-state index is 11.6. The van der Waals surface area contributed by atoms with Crippen LogP contribution in [0.4, 0.5) is 5.82 Å². The molecule has 3 rings (SSSR count). The highest BCUT2D eigenvalue weighted by Gasteiger charge is 2.02. The van der Waals surface area contributed by atoms with Crippen LogP contribution in [0, 0.1) is 0 Å². The number of nitrogens with two attached hydrogens (primary N) is 1. The van der Waals surface area contributed by atoms with Crippen molar-refractivity contribution in [3.05, 3.63) is 64.4 Å². The average molecular weight is 239 g/mol. The summed E-state index contributed by atoms with van der Waals surface area (Å²) in [5.41, 5.74) is 6.50. The number of aromatic amines is 1. The average Bonchev–Trinajstić information content (AvgIpc) is 2.68. The van der Waals surface area contributed by atoms with Crippen LogP contribution in [0.3, 0.4) is 0 Å². The van der Waals surface area contributed by atoms with E-state index in [4.69, 9.17) is 5.73 Å². The smallest absolute Gasteiger partial charge is 0.268 e. The summed E-state index contributed by atoms with van der Waals surface area (Å²) >= 11 is 0. The molecule has 0 unspecified atom stereocenters. The van der Waals surface area contributed by atoms with Gasteiger partial charge in [-0.1, -0.05) is 36.4 Å². The van der Waals surface area contributed by atoms with Gasteiger partial charge in [0, 0.05) is 6.07 Å². The van der Waals surface area contributed by atoms with Gasteiger partial charge >= 0.3 is 0 Å². The quantitative estimate of drug-likeness (QED) is 0.718. The summed E-state index contributed by atoms with van der Waals surface area (Å²) < 4.78 is 1.50. The minimum absolute atomic E-state index is 0.111. The molecule has 4 nitrogen and oxygen atoms in total. The van der Waals surface area contributed by atoms with Crippen LogP contribution >= 0.6 is 0 Å². The third kappa shape index (κ3) is 1.88. The summed E-state index contributed by atoms with van der Waals surface area (Å²) in [6.45, 7) is 0.501.